The summed E-state index contributed by atoms with van der Waals surface area (Å²) < 4.78 is 18.2. The summed E-state index contributed by atoms with van der Waals surface area (Å²) in [4.78, 5) is 0. The maximum atomic E-state index is 10.2. The molecule has 1 saturated heterocycles. The fourth-order valence-corrected chi connectivity index (χ4v) is 2.67. The predicted molar refractivity (Wildman–Crippen MR) is 94.1 cm³/mol. The Kier molecular flexibility index (Phi) is 4.71. The van der Waals surface area contributed by atoms with Crippen molar-refractivity contribution < 1.29 is 24.1 Å². The third-order valence-corrected chi connectivity index (χ3v) is 4.16. The van der Waals surface area contributed by atoms with E-state index in [-0.39, 0.29) is 6.10 Å². The van der Waals surface area contributed by atoms with Gasteiger partial charge in [-0.3, -0.25) is 5.21 Å². The van der Waals surface area contributed by atoms with Crippen molar-refractivity contribution in [3.63, 3.8) is 0 Å². The van der Waals surface area contributed by atoms with E-state index in [0.717, 1.165) is 15.9 Å². The molecule has 1 N–H and O–H groups in total. The van der Waals surface area contributed by atoms with E-state index in [1.807, 2.05) is 60.7 Å². The van der Waals surface area contributed by atoms with Crippen molar-refractivity contribution >= 4 is 0 Å². The highest BCUT2D eigenvalue weighted by atomic mass is 16.6. The molecule has 1 aliphatic rings. The van der Waals surface area contributed by atoms with Crippen LogP contribution in [0.1, 0.15) is 22.9 Å². The summed E-state index contributed by atoms with van der Waals surface area (Å²) in [6.45, 7) is 1.41. The Hall–Kier alpha value is -3.05. The van der Waals surface area contributed by atoms with E-state index in [2.05, 4.69) is 0 Å². The molecule has 1 aromatic heterocycles. The van der Waals surface area contributed by atoms with Crippen LogP contribution in [0.3, 0.4) is 0 Å². The van der Waals surface area contributed by atoms with Gasteiger partial charge in [0.1, 0.15) is 13.2 Å². The molecule has 1 unspecified atom stereocenters. The van der Waals surface area contributed by atoms with Crippen molar-refractivity contribution in [3.05, 3.63) is 89.7 Å². The molecule has 0 saturated carbocycles. The zero-order chi connectivity index (χ0) is 17.8. The van der Waals surface area contributed by atoms with Gasteiger partial charge in [-0.2, -0.15) is 0 Å². The van der Waals surface area contributed by atoms with Gasteiger partial charge < -0.3 is 14.2 Å². The van der Waals surface area contributed by atoms with Crippen molar-refractivity contribution in [2.24, 2.45) is 0 Å². The van der Waals surface area contributed by atoms with Crippen molar-refractivity contribution in [2.45, 2.75) is 19.3 Å². The second-order valence-corrected chi connectivity index (χ2v) is 6.14. The van der Waals surface area contributed by atoms with Crippen molar-refractivity contribution in [3.8, 4) is 11.5 Å². The Morgan fingerprint density at radius 1 is 0.885 bits per heavy atom. The summed E-state index contributed by atoms with van der Waals surface area (Å²) in [5.41, 5.74) is 2.76. The maximum absolute atomic E-state index is 10.2. The monoisotopic (exact) mass is 350 g/mol. The zero-order valence-electron chi connectivity index (χ0n) is 14.2. The molecule has 0 amide bonds. The largest absolute Gasteiger partial charge is 0.485 e. The average Bonchev–Trinajstić information content (AvgIpc) is 3.52. The Labute approximate surface area is 152 Å². The SMILES string of the molecule is O[n+]1cc(OCc2ccccc2)c(OCc2ccccc2)cc1C1CO1. The molecule has 2 aromatic carbocycles. The topological polar surface area (TPSA) is 55.1 Å². The third kappa shape index (κ3) is 3.95. The fraction of sp³-hybridized carbons (Fsp3) is 0.190. The van der Waals surface area contributed by atoms with Crippen LogP contribution < -0.4 is 14.2 Å². The smallest absolute Gasteiger partial charge is 0.269 e. The van der Waals surface area contributed by atoms with E-state index < -0.39 is 0 Å². The molecule has 1 aliphatic heterocycles. The van der Waals surface area contributed by atoms with Gasteiger partial charge in [0.05, 0.1) is 12.7 Å². The van der Waals surface area contributed by atoms with Crippen LogP contribution in [0.2, 0.25) is 0 Å². The van der Waals surface area contributed by atoms with E-state index in [1.54, 1.807) is 6.07 Å². The Bertz CT molecular complexity index is 864. The highest BCUT2D eigenvalue weighted by Crippen LogP contribution is 2.34. The molecule has 0 bridgehead atoms. The van der Waals surface area contributed by atoms with E-state index in [1.165, 1.54) is 6.20 Å². The summed E-state index contributed by atoms with van der Waals surface area (Å²) >= 11 is 0. The number of pyridine rings is 1. The van der Waals surface area contributed by atoms with Crippen molar-refractivity contribution in [1.29, 1.82) is 0 Å². The first kappa shape index (κ1) is 16.4. The molecule has 26 heavy (non-hydrogen) atoms. The van der Waals surface area contributed by atoms with E-state index >= 15 is 0 Å². The molecule has 132 valence electrons. The number of nitrogens with zero attached hydrogens (tertiary/aromatic N) is 1. The lowest BCUT2D eigenvalue weighted by atomic mass is 10.2. The van der Waals surface area contributed by atoms with Gasteiger partial charge in [0.15, 0.2) is 11.9 Å². The molecular weight excluding hydrogens is 330 g/mol. The van der Waals surface area contributed by atoms with Gasteiger partial charge in [0.2, 0.25) is 5.75 Å². The number of hydrogen-bond acceptors (Lipinski definition) is 4. The highest BCUT2D eigenvalue weighted by Gasteiger charge is 2.36. The Morgan fingerprint density at radius 3 is 1.96 bits per heavy atom. The van der Waals surface area contributed by atoms with Gasteiger partial charge in [-0.25, -0.2) is 0 Å². The van der Waals surface area contributed by atoms with Gasteiger partial charge >= 0.3 is 0 Å². The summed E-state index contributed by atoms with van der Waals surface area (Å²) in [6, 6.07) is 21.6. The first-order valence-electron chi connectivity index (χ1n) is 8.53. The summed E-state index contributed by atoms with van der Waals surface area (Å²) in [6.07, 6.45) is 1.43. The fourth-order valence-electron chi connectivity index (χ4n) is 2.67. The number of ether oxygens (including phenoxy) is 3. The molecule has 4 rings (SSSR count). The number of hydrogen-bond donors (Lipinski definition) is 1. The van der Waals surface area contributed by atoms with Crippen molar-refractivity contribution in [2.75, 3.05) is 6.61 Å². The van der Waals surface area contributed by atoms with E-state index in [4.69, 9.17) is 14.2 Å². The molecule has 5 nitrogen and oxygen atoms in total. The van der Waals surface area contributed by atoms with E-state index in [9.17, 15) is 5.21 Å². The van der Waals surface area contributed by atoms with Gasteiger partial charge in [-0.15, -0.1) is 0 Å². The first-order valence-corrected chi connectivity index (χ1v) is 8.53. The number of epoxide rings is 1. The third-order valence-electron chi connectivity index (χ3n) is 4.16. The Morgan fingerprint density at radius 2 is 1.42 bits per heavy atom. The number of rotatable bonds is 7. The van der Waals surface area contributed by atoms with Crippen molar-refractivity contribution in [1.82, 2.24) is 0 Å². The standard InChI is InChI=1S/C21H20NO4/c23-22-12-20(25-14-17-9-5-2-6-10-17)19(11-18(22)21-15-26-21)24-13-16-7-3-1-4-8-16/h1-12,21,23H,13-15H2/q+1. The summed E-state index contributed by atoms with van der Waals surface area (Å²) in [5.74, 6) is 1.07. The second-order valence-electron chi connectivity index (χ2n) is 6.14. The molecule has 1 atom stereocenters. The lowest BCUT2D eigenvalue weighted by Crippen LogP contribution is -2.35. The highest BCUT2D eigenvalue weighted by molar-refractivity contribution is 5.38. The quantitative estimate of drug-likeness (QED) is 0.403. The lowest BCUT2D eigenvalue weighted by molar-refractivity contribution is -0.910. The average molecular weight is 350 g/mol. The molecular formula is C21H20NO4+. The normalized spacial score (nSPS) is 15.5. The van der Waals surface area contributed by atoms with Crippen LogP contribution in [-0.4, -0.2) is 11.8 Å². The zero-order valence-corrected chi connectivity index (χ0v) is 14.2. The molecule has 0 spiro atoms. The van der Waals surface area contributed by atoms with Gasteiger partial charge in [-0.05, 0) is 11.1 Å². The molecule has 5 heteroatoms. The molecule has 0 aliphatic carbocycles. The predicted octanol–water partition coefficient (Wildman–Crippen LogP) is 3.44. The Balaban J connectivity index is 1.55. The van der Waals surface area contributed by atoms with Crippen LogP contribution in [0.15, 0.2) is 72.9 Å². The van der Waals surface area contributed by atoms with Gasteiger partial charge in [0, 0.05) is 4.73 Å². The van der Waals surface area contributed by atoms with Crippen LogP contribution in [-0.2, 0) is 18.0 Å². The molecule has 2 heterocycles. The minimum atomic E-state index is -0.0951. The van der Waals surface area contributed by atoms with Crippen LogP contribution in [0.4, 0.5) is 0 Å². The lowest BCUT2D eigenvalue weighted by Gasteiger charge is -2.12. The summed E-state index contributed by atoms with van der Waals surface area (Å²) in [7, 11) is 0. The minimum Gasteiger partial charge on any atom is -0.485 e. The van der Waals surface area contributed by atoms with Crippen LogP contribution in [0, 0.1) is 0 Å². The van der Waals surface area contributed by atoms with Crippen LogP contribution in [0.5, 0.6) is 11.5 Å². The van der Waals surface area contributed by atoms with Gasteiger partial charge in [-0.1, -0.05) is 60.7 Å². The number of benzene rings is 2. The summed E-state index contributed by atoms with van der Waals surface area (Å²) in [5, 5.41) is 10.2. The number of aromatic nitrogens is 1. The maximum Gasteiger partial charge on any atom is 0.269 e. The minimum absolute atomic E-state index is 0.0951. The van der Waals surface area contributed by atoms with E-state index in [0.29, 0.717) is 37.0 Å². The molecule has 3 aromatic rings. The first-order chi connectivity index (χ1) is 12.8. The second kappa shape index (κ2) is 7.45. The van der Waals surface area contributed by atoms with Crippen LogP contribution in [0.25, 0.3) is 0 Å². The van der Waals surface area contributed by atoms with Crippen LogP contribution >= 0.6 is 0 Å². The van der Waals surface area contributed by atoms with Gasteiger partial charge in [0.25, 0.3) is 11.9 Å². The molecule has 1 fully saturated rings. The molecule has 0 radical (unpaired) electrons.